The highest BCUT2D eigenvalue weighted by Crippen LogP contribution is 2.28. The van der Waals surface area contributed by atoms with Gasteiger partial charge >= 0.3 is 6.09 Å². The first-order chi connectivity index (χ1) is 11.2. The van der Waals surface area contributed by atoms with Crippen molar-refractivity contribution >= 4 is 17.5 Å². The molecule has 0 aromatic heterocycles. The maximum Gasteiger partial charge on any atom is 0.407 e. The Balaban J connectivity index is 1.72. The molecule has 134 valence electrons. The number of nitrogen functional groups attached to an aromatic ring is 1. The predicted molar refractivity (Wildman–Crippen MR) is 94.6 cm³/mol. The third-order valence-corrected chi connectivity index (χ3v) is 4.15. The second-order valence-electron chi connectivity index (χ2n) is 7.36. The molecule has 1 amide bonds. The van der Waals surface area contributed by atoms with Crippen molar-refractivity contribution in [3.05, 3.63) is 24.0 Å². The first kappa shape index (κ1) is 18.4. The topological polar surface area (TPSA) is 67.6 Å². The normalized spacial score (nSPS) is 16.1. The zero-order chi connectivity index (χ0) is 17.7. The number of anilines is 2. The molecule has 1 aromatic rings. The van der Waals surface area contributed by atoms with Gasteiger partial charge in [0.15, 0.2) is 0 Å². The van der Waals surface area contributed by atoms with Gasteiger partial charge in [-0.2, -0.15) is 0 Å². The van der Waals surface area contributed by atoms with Gasteiger partial charge in [0.25, 0.3) is 0 Å². The molecule has 0 bridgehead atoms. The Bertz CT molecular complexity index is 564. The fraction of sp³-hybridized carbons (Fsp3) is 0.611. The van der Waals surface area contributed by atoms with Crippen LogP contribution in [0.2, 0.25) is 0 Å². The molecule has 0 radical (unpaired) electrons. The van der Waals surface area contributed by atoms with Gasteiger partial charge < -0.3 is 20.7 Å². The Morgan fingerprint density at radius 2 is 2.04 bits per heavy atom. The Morgan fingerprint density at radius 1 is 1.38 bits per heavy atom. The van der Waals surface area contributed by atoms with E-state index in [0.717, 1.165) is 32.4 Å². The Labute approximate surface area is 143 Å². The summed E-state index contributed by atoms with van der Waals surface area (Å²) in [7, 11) is 0. The van der Waals surface area contributed by atoms with Gasteiger partial charge in [0.05, 0.1) is 5.69 Å². The molecular formula is C18H28FN3O2. The van der Waals surface area contributed by atoms with E-state index < -0.39 is 5.60 Å². The van der Waals surface area contributed by atoms with E-state index >= 15 is 0 Å². The summed E-state index contributed by atoms with van der Waals surface area (Å²) in [5.41, 5.74) is 6.18. The molecule has 1 saturated heterocycles. The van der Waals surface area contributed by atoms with Crippen LogP contribution in [0.25, 0.3) is 0 Å². The van der Waals surface area contributed by atoms with E-state index in [1.807, 2.05) is 20.8 Å². The minimum atomic E-state index is -0.474. The SMILES string of the molecule is CC(C)(C)OC(=O)NCCC1CCN(c2ccc(N)cc2F)CC1. The number of amides is 1. The van der Waals surface area contributed by atoms with Crippen LogP contribution in [0.5, 0.6) is 0 Å². The van der Waals surface area contributed by atoms with E-state index in [4.69, 9.17) is 10.5 Å². The van der Waals surface area contributed by atoms with Crippen molar-refractivity contribution in [2.24, 2.45) is 5.92 Å². The highest BCUT2D eigenvalue weighted by atomic mass is 19.1. The van der Waals surface area contributed by atoms with Crippen LogP contribution in [0.4, 0.5) is 20.6 Å². The molecule has 1 aromatic carbocycles. The lowest BCUT2D eigenvalue weighted by Gasteiger charge is -2.34. The van der Waals surface area contributed by atoms with Gasteiger partial charge in [-0.05, 0) is 64.2 Å². The van der Waals surface area contributed by atoms with E-state index in [2.05, 4.69) is 10.2 Å². The number of nitrogens with zero attached hydrogens (tertiary/aromatic N) is 1. The Morgan fingerprint density at radius 3 is 2.62 bits per heavy atom. The number of halogens is 1. The summed E-state index contributed by atoms with van der Waals surface area (Å²) >= 11 is 0. The van der Waals surface area contributed by atoms with Crippen LogP contribution in [-0.4, -0.2) is 31.3 Å². The van der Waals surface area contributed by atoms with Gasteiger partial charge in [-0.25, -0.2) is 9.18 Å². The van der Waals surface area contributed by atoms with Gasteiger partial charge in [-0.1, -0.05) is 0 Å². The zero-order valence-electron chi connectivity index (χ0n) is 14.8. The van der Waals surface area contributed by atoms with Crippen molar-refractivity contribution in [3.63, 3.8) is 0 Å². The molecule has 24 heavy (non-hydrogen) atoms. The van der Waals surface area contributed by atoms with Gasteiger partial charge in [0.1, 0.15) is 11.4 Å². The highest BCUT2D eigenvalue weighted by molar-refractivity contribution is 5.67. The summed E-state index contributed by atoms with van der Waals surface area (Å²) in [6.07, 6.45) is 2.51. The van der Waals surface area contributed by atoms with Crippen LogP contribution in [0, 0.1) is 11.7 Å². The summed E-state index contributed by atoms with van der Waals surface area (Å²) in [4.78, 5) is 13.7. The van der Waals surface area contributed by atoms with Crippen LogP contribution < -0.4 is 16.0 Å². The second kappa shape index (κ2) is 7.73. The zero-order valence-corrected chi connectivity index (χ0v) is 14.8. The number of rotatable bonds is 4. The number of carbonyl (C=O) groups is 1. The van der Waals surface area contributed by atoms with E-state index in [0.29, 0.717) is 23.8 Å². The van der Waals surface area contributed by atoms with Gasteiger partial charge in [0.2, 0.25) is 0 Å². The lowest BCUT2D eigenvalue weighted by Crippen LogP contribution is -2.37. The minimum absolute atomic E-state index is 0.264. The Hall–Kier alpha value is -1.98. The summed E-state index contributed by atoms with van der Waals surface area (Å²) in [6, 6.07) is 4.84. The van der Waals surface area contributed by atoms with Crippen molar-refractivity contribution in [1.82, 2.24) is 5.32 Å². The Kier molecular flexibility index (Phi) is 5.91. The van der Waals surface area contributed by atoms with E-state index in [9.17, 15) is 9.18 Å². The largest absolute Gasteiger partial charge is 0.444 e. The maximum absolute atomic E-state index is 14.0. The molecule has 6 heteroatoms. The van der Waals surface area contributed by atoms with Gasteiger partial charge in [-0.15, -0.1) is 0 Å². The molecule has 3 N–H and O–H groups in total. The summed E-state index contributed by atoms with van der Waals surface area (Å²) < 4.78 is 19.2. The average Bonchev–Trinajstić information content (AvgIpc) is 2.46. The second-order valence-corrected chi connectivity index (χ2v) is 7.36. The number of ether oxygens (including phenoxy) is 1. The lowest BCUT2D eigenvalue weighted by atomic mass is 9.93. The molecule has 1 fully saturated rings. The first-order valence-corrected chi connectivity index (χ1v) is 8.51. The molecule has 0 saturated carbocycles. The first-order valence-electron chi connectivity index (χ1n) is 8.51. The molecule has 1 aliphatic heterocycles. The predicted octanol–water partition coefficient (Wildman–Crippen LogP) is 3.54. The molecule has 0 unspecified atom stereocenters. The molecule has 0 aliphatic carbocycles. The van der Waals surface area contributed by atoms with Gasteiger partial charge in [0, 0.05) is 25.3 Å². The molecule has 0 atom stereocenters. The molecule has 1 heterocycles. The smallest absolute Gasteiger partial charge is 0.407 e. The number of hydrogen-bond acceptors (Lipinski definition) is 4. The quantitative estimate of drug-likeness (QED) is 0.825. The molecule has 0 spiro atoms. The fourth-order valence-electron chi connectivity index (χ4n) is 2.93. The van der Waals surface area contributed by atoms with Crippen molar-refractivity contribution < 1.29 is 13.9 Å². The molecule has 1 aliphatic rings. The lowest BCUT2D eigenvalue weighted by molar-refractivity contribution is 0.0524. The number of benzene rings is 1. The standard InChI is InChI=1S/C18H28FN3O2/c1-18(2,3)24-17(23)21-9-6-13-7-10-22(11-8-13)16-5-4-14(20)12-15(16)19/h4-5,12-13H,6-11,20H2,1-3H3,(H,21,23). The number of carbonyl (C=O) groups excluding carboxylic acids is 1. The maximum atomic E-state index is 14.0. The number of piperidine rings is 1. The highest BCUT2D eigenvalue weighted by Gasteiger charge is 2.22. The van der Waals surface area contributed by atoms with Crippen LogP contribution in [0.1, 0.15) is 40.0 Å². The molecular weight excluding hydrogens is 309 g/mol. The third kappa shape index (κ3) is 5.58. The van der Waals surface area contributed by atoms with Crippen LogP contribution in [-0.2, 0) is 4.74 Å². The van der Waals surface area contributed by atoms with Crippen molar-refractivity contribution in [3.8, 4) is 0 Å². The van der Waals surface area contributed by atoms with Crippen molar-refractivity contribution in [2.75, 3.05) is 30.3 Å². The number of alkyl carbamates (subject to hydrolysis) is 1. The monoisotopic (exact) mass is 337 g/mol. The van der Waals surface area contributed by atoms with Crippen LogP contribution in [0.3, 0.4) is 0 Å². The number of nitrogens with one attached hydrogen (secondary N) is 1. The van der Waals surface area contributed by atoms with Crippen molar-refractivity contribution in [1.29, 1.82) is 0 Å². The minimum Gasteiger partial charge on any atom is -0.444 e. The third-order valence-electron chi connectivity index (χ3n) is 4.15. The summed E-state index contributed by atoms with van der Waals surface area (Å²) in [5.74, 6) is 0.271. The summed E-state index contributed by atoms with van der Waals surface area (Å²) in [5, 5.41) is 2.80. The number of nitrogens with two attached hydrogens (primary N) is 1. The van der Waals surface area contributed by atoms with Crippen molar-refractivity contribution in [2.45, 2.75) is 45.6 Å². The van der Waals surface area contributed by atoms with E-state index in [1.54, 1.807) is 12.1 Å². The van der Waals surface area contributed by atoms with E-state index in [1.165, 1.54) is 6.07 Å². The van der Waals surface area contributed by atoms with Crippen LogP contribution >= 0.6 is 0 Å². The number of hydrogen-bond donors (Lipinski definition) is 2. The van der Waals surface area contributed by atoms with Crippen LogP contribution in [0.15, 0.2) is 18.2 Å². The average molecular weight is 337 g/mol. The molecule has 5 nitrogen and oxygen atoms in total. The summed E-state index contributed by atoms with van der Waals surface area (Å²) in [6.45, 7) is 7.78. The van der Waals surface area contributed by atoms with Gasteiger partial charge in [-0.3, -0.25) is 0 Å². The molecule has 2 rings (SSSR count). The fourth-order valence-corrected chi connectivity index (χ4v) is 2.93. The van der Waals surface area contributed by atoms with E-state index in [-0.39, 0.29) is 11.9 Å².